The summed E-state index contributed by atoms with van der Waals surface area (Å²) >= 11 is 3.61. The molecule has 0 aliphatic carbocycles. The lowest BCUT2D eigenvalue weighted by atomic mass is 10.1. The normalized spacial score (nSPS) is 15.1. The van der Waals surface area contributed by atoms with Gasteiger partial charge in [0.2, 0.25) is 0 Å². The van der Waals surface area contributed by atoms with Gasteiger partial charge >= 0.3 is 0 Å². The summed E-state index contributed by atoms with van der Waals surface area (Å²) in [6, 6.07) is 14.2. The summed E-state index contributed by atoms with van der Waals surface area (Å²) in [5.41, 5.74) is 5.15. The summed E-state index contributed by atoms with van der Waals surface area (Å²) in [5.74, 6) is 1.07. The van der Waals surface area contributed by atoms with Gasteiger partial charge in [-0.1, -0.05) is 41.9 Å². The molecule has 0 unspecified atom stereocenters. The van der Waals surface area contributed by atoms with Crippen molar-refractivity contribution in [3.05, 3.63) is 81.3 Å². The number of anilines is 1. The molecule has 1 fully saturated rings. The van der Waals surface area contributed by atoms with Gasteiger partial charge in [0.15, 0.2) is 0 Å². The van der Waals surface area contributed by atoms with Crippen LogP contribution in [0, 0.1) is 6.92 Å². The highest BCUT2D eigenvalue weighted by atomic mass is 79.9. The molecule has 37 heavy (non-hydrogen) atoms. The second-order valence-electron chi connectivity index (χ2n) is 10.2. The van der Waals surface area contributed by atoms with Crippen molar-refractivity contribution in [1.82, 2.24) is 14.7 Å². The van der Waals surface area contributed by atoms with Gasteiger partial charge in [-0.2, -0.15) is 5.10 Å². The number of nitrogens with one attached hydrogen (secondary N) is 1. The van der Waals surface area contributed by atoms with Crippen molar-refractivity contribution >= 4 is 38.5 Å². The van der Waals surface area contributed by atoms with Gasteiger partial charge in [0, 0.05) is 52.4 Å². The Morgan fingerprint density at radius 2 is 1.89 bits per heavy atom. The van der Waals surface area contributed by atoms with E-state index in [4.69, 9.17) is 4.42 Å². The second kappa shape index (κ2) is 10.8. The summed E-state index contributed by atoms with van der Waals surface area (Å²) in [6.45, 7) is 9.32. The van der Waals surface area contributed by atoms with Crippen molar-refractivity contribution in [2.24, 2.45) is 0 Å². The van der Waals surface area contributed by atoms with Gasteiger partial charge in [-0.25, -0.2) is 0 Å². The predicted molar refractivity (Wildman–Crippen MR) is 149 cm³/mol. The predicted octanol–water partition coefficient (Wildman–Crippen LogP) is 6.08. The number of amides is 1. The highest BCUT2D eigenvalue weighted by molar-refractivity contribution is 9.10. The van der Waals surface area contributed by atoms with Gasteiger partial charge in [-0.05, 0) is 55.7 Å². The molecule has 0 bridgehead atoms. The first-order valence-electron chi connectivity index (χ1n) is 12.8. The van der Waals surface area contributed by atoms with Crippen LogP contribution in [0.5, 0.6) is 0 Å². The third-order valence-corrected chi connectivity index (χ3v) is 7.55. The standard InChI is InChI=1S/C29H33BrN4O3/c1-18(2)27-14-21-12-23(30)13-22(28(21)37-27)17-34-19(3)26(15-31-34)29(36)32-24-6-4-20(5-7-24)16-33-10-8-25(35)9-11-33/h4-7,12-15,18,25,35H,8-11,16-17H2,1-3H3,(H,32,36). The van der Waals surface area contributed by atoms with E-state index >= 15 is 0 Å². The summed E-state index contributed by atoms with van der Waals surface area (Å²) in [4.78, 5) is 15.4. The van der Waals surface area contributed by atoms with E-state index in [0.717, 1.165) is 70.6 Å². The largest absolute Gasteiger partial charge is 0.460 e. The number of hydrogen-bond acceptors (Lipinski definition) is 5. The molecule has 2 aromatic carbocycles. The first-order chi connectivity index (χ1) is 17.8. The molecule has 2 aromatic heterocycles. The van der Waals surface area contributed by atoms with Crippen molar-refractivity contribution < 1.29 is 14.3 Å². The number of carbonyl (C=O) groups is 1. The van der Waals surface area contributed by atoms with Crippen LogP contribution in [0.1, 0.15) is 65.5 Å². The van der Waals surface area contributed by atoms with E-state index in [1.54, 1.807) is 6.20 Å². The number of aliphatic hydroxyl groups is 1. The van der Waals surface area contributed by atoms with Crippen LogP contribution < -0.4 is 5.32 Å². The van der Waals surface area contributed by atoms with Crippen LogP contribution in [-0.2, 0) is 13.1 Å². The Balaban J connectivity index is 1.27. The number of rotatable bonds is 7. The Bertz CT molecular complexity index is 1400. The fourth-order valence-electron chi connectivity index (χ4n) is 4.83. The molecule has 4 aromatic rings. The number of aromatic nitrogens is 2. The molecule has 3 heterocycles. The average molecular weight is 566 g/mol. The Kier molecular flexibility index (Phi) is 7.51. The molecule has 7 nitrogen and oxygen atoms in total. The highest BCUT2D eigenvalue weighted by Crippen LogP contribution is 2.31. The number of aliphatic hydroxyl groups excluding tert-OH is 1. The maximum absolute atomic E-state index is 13.1. The molecule has 1 amide bonds. The number of nitrogens with zero attached hydrogens (tertiary/aromatic N) is 3. The molecule has 5 rings (SSSR count). The quantitative estimate of drug-likeness (QED) is 0.284. The average Bonchev–Trinajstić information content (AvgIpc) is 3.46. The van der Waals surface area contributed by atoms with E-state index in [1.165, 1.54) is 5.56 Å². The van der Waals surface area contributed by atoms with Gasteiger partial charge < -0.3 is 14.8 Å². The summed E-state index contributed by atoms with van der Waals surface area (Å²) in [7, 11) is 0. The van der Waals surface area contributed by atoms with Crippen LogP contribution in [0.25, 0.3) is 11.0 Å². The molecular formula is C29H33BrN4O3. The fourth-order valence-corrected chi connectivity index (χ4v) is 5.35. The maximum atomic E-state index is 13.1. The molecule has 1 aliphatic heterocycles. The monoisotopic (exact) mass is 564 g/mol. The molecule has 0 saturated carbocycles. The molecule has 8 heteroatoms. The van der Waals surface area contributed by atoms with Gasteiger partial charge in [0.1, 0.15) is 11.3 Å². The van der Waals surface area contributed by atoms with Crippen LogP contribution in [0.15, 0.2) is 57.6 Å². The lowest BCUT2D eigenvalue weighted by molar-refractivity contribution is 0.0792. The van der Waals surface area contributed by atoms with E-state index in [0.29, 0.717) is 18.0 Å². The third-order valence-electron chi connectivity index (χ3n) is 7.09. The van der Waals surface area contributed by atoms with Crippen molar-refractivity contribution in [2.75, 3.05) is 18.4 Å². The van der Waals surface area contributed by atoms with Crippen LogP contribution in [-0.4, -0.2) is 44.9 Å². The zero-order valence-corrected chi connectivity index (χ0v) is 23.1. The molecular weight excluding hydrogens is 532 g/mol. The minimum atomic E-state index is -0.180. The summed E-state index contributed by atoms with van der Waals surface area (Å²) in [6.07, 6.45) is 3.11. The van der Waals surface area contributed by atoms with Gasteiger partial charge in [0.05, 0.1) is 24.4 Å². The third kappa shape index (κ3) is 5.81. The Morgan fingerprint density at radius 1 is 1.16 bits per heavy atom. The molecule has 0 radical (unpaired) electrons. The number of likely N-dealkylation sites (tertiary alicyclic amines) is 1. The van der Waals surface area contributed by atoms with Crippen LogP contribution >= 0.6 is 15.9 Å². The van der Waals surface area contributed by atoms with E-state index in [9.17, 15) is 9.90 Å². The lowest BCUT2D eigenvalue weighted by Crippen LogP contribution is -2.35. The Labute approximate surface area is 225 Å². The molecule has 0 atom stereocenters. The van der Waals surface area contributed by atoms with E-state index in [1.807, 2.05) is 41.9 Å². The first-order valence-corrected chi connectivity index (χ1v) is 13.6. The number of halogens is 1. The van der Waals surface area contributed by atoms with Crippen molar-refractivity contribution in [1.29, 1.82) is 0 Å². The second-order valence-corrected chi connectivity index (χ2v) is 11.2. The van der Waals surface area contributed by atoms with Gasteiger partial charge in [0.25, 0.3) is 5.91 Å². The minimum absolute atomic E-state index is 0.167. The van der Waals surface area contributed by atoms with Crippen molar-refractivity contribution in [3.63, 3.8) is 0 Å². The Hall–Kier alpha value is -2.94. The first kappa shape index (κ1) is 25.7. The molecule has 0 spiro atoms. The molecule has 194 valence electrons. The highest BCUT2D eigenvalue weighted by Gasteiger charge is 2.19. The molecule has 2 N–H and O–H groups in total. The zero-order valence-electron chi connectivity index (χ0n) is 21.5. The van der Waals surface area contributed by atoms with Crippen LogP contribution in [0.2, 0.25) is 0 Å². The number of piperidine rings is 1. The minimum Gasteiger partial charge on any atom is -0.460 e. The van der Waals surface area contributed by atoms with E-state index < -0.39 is 0 Å². The van der Waals surface area contributed by atoms with Crippen LogP contribution in [0.4, 0.5) is 5.69 Å². The molecule has 1 saturated heterocycles. The summed E-state index contributed by atoms with van der Waals surface area (Å²) < 4.78 is 8.99. The van der Waals surface area contributed by atoms with E-state index in [-0.39, 0.29) is 12.0 Å². The van der Waals surface area contributed by atoms with Crippen LogP contribution in [0.3, 0.4) is 0 Å². The maximum Gasteiger partial charge on any atom is 0.259 e. The van der Waals surface area contributed by atoms with E-state index in [2.05, 4.69) is 57.2 Å². The lowest BCUT2D eigenvalue weighted by Gasteiger charge is -2.29. The van der Waals surface area contributed by atoms with Crippen molar-refractivity contribution in [3.8, 4) is 0 Å². The molecule has 1 aliphatic rings. The number of fused-ring (bicyclic) bond motifs is 1. The number of carbonyl (C=O) groups excluding carboxylic acids is 1. The smallest absolute Gasteiger partial charge is 0.259 e. The Morgan fingerprint density at radius 3 is 2.59 bits per heavy atom. The topological polar surface area (TPSA) is 83.5 Å². The van der Waals surface area contributed by atoms with Crippen molar-refractivity contribution in [2.45, 2.75) is 58.7 Å². The zero-order chi connectivity index (χ0) is 26.1. The fraction of sp³-hybridized carbons (Fsp3) is 0.379. The number of furan rings is 1. The van der Waals surface area contributed by atoms with Gasteiger partial charge in [-0.3, -0.25) is 14.4 Å². The number of benzene rings is 2. The van der Waals surface area contributed by atoms with Gasteiger partial charge in [-0.15, -0.1) is 0 Å². The SMILES string of the molecule is Cc1c(C(=O)Nc2ccc(CN3CCC(O)CC3)cc2)cnn1Cc1cc(Br)cc2cc(C(C)C)oc12. The summed E-state index contributed by atoms with van der Waals surface area (Å²) in [5, 5.41) is 18.3. The number of hydrogen-bond donors (Lipinski definition) is 2.